The second-order valence-corrected chi connectivity index (χ2v) is 6.99. The lowest BCUT2D eigenvalue weighted by atomic mass is 9.86. The van der Waals surface area contributed by atoms with Crippen molar-refractivity contribution in [1.29, 1.82) is 0 Å². The summed E-state index contributed by atoms with van der Waals surface area (Å²) in [6.07, 6.45) is 6.38. The van der Waals surface area contributed by atoms with Gasteiger partial charge in [-0.25, -0.2) is 0 Å². The Bertz CT molecular complexity index is 705. The summed E-state index contributed by atoms with van der Waals surface area (Å²) >= 11 is 3.52. The molecule has 0 aliphatic heterocycles. The van der Waals surface area contributed by atoms with E-state index in [4.69, 9.17) is 14.6 Å². The van der Waals surface area contributed by atoms with Crippen molar-refractivity contribution in [2.75, 3.05) is 13.7 Å². The van der Waals surface area contributed by atoms with Crippen LogP contribution in [0.15, 0.2) is 22.8 Å². The molecule has 1 fully saturated rings. The van der Waals surface area contributed by atoms with E-state index >= 15 is 0 Å². The highest BCUT2D eigenvalue weighted by Crippen LogP contribution is 2.34. The third kappa shape index (κ3) is 3.68. The molecule has 0 N–H and O–H groups in total. The molecule has 2 aromatic rings. The predicted molar refractivity (Wildman–Crippen MR) is 91.6 cm³/mol. The van der Waals surface area contributed by atoms with Gasteiger partial charge in [0.2, 0.25) is 0 Å². The molecule has 0 radical (unpaired) electrons. The molecule has 23 heavy (non-hydrogen) atoms. The second-order valence-electron chi connectivity index (χ2n) is 6.13. The second kappa shape index (κ2) is 6.91. The number of aromatic nitrogens is 2. The largest absolute Gasteiger partial charge is 0.495 e. The zero-order chi connectivity index (χ0) is 16.4. The number of ether oxygens (including phenoxy) is 2. The molecule has 0 bridgehead atoms. The first-order valence-electron chi connectivity index (χ1n) is 7.92. The van der Waals surface area contributed by atoms with E-state index in [1.54, 1.807) is 7.11 Å². The highest BCUT2D eigenvalue weighted by molar-refractivity contribution is 9.10. The topological polar surface area (TPSA) is 53.4 Å². The Morgan fingerprint density at radius 3 is 2.74 bits per heavy atom. The molecule has 124 valence electrons. The zero-order valence-electron chi connectivity index (χ0n) is 13.4. The van der Waals surface area contributed by atoms with Gasteiger partial charge in [-0.1, -0.05) is 0 Å². The summed E-state index contributed by atoms with van der Waals surface area (Å²) in [5, 5.41) is 5.83. The van der Waals surface area contributed by atoms with Gasteiger partial charge in [0.25, 0.3) is 0 Å². The van der Waals surface area contributed by atoms with Gasteiger partial charge < -0.3 is 9.47 Å². The van der Waals surface area contributed by atoms with Crippen molar-refractivity contribution in [3.8, 4) is 5.75 Å². The lowest BCUT2D eigenvalue weighted by Crippen LogP contribution is -2.22. The Morgan fingerprint density at radius 2 is 2.09 bits per heavy atom. The lowest BCUT2D eigenvalue weighted by molar-refractivity contribution is -0.142. The fourth-order valence-electron chi connectivity index (χ4n) is 3.20. The van der Waals surface area contributed by atoms with Crippen LogP contribution in [0.5, 0.6) is 5.75 Å². The maximum atomic E-state index is 10.9. The normalized spacial score (nSPS) is 21.3. The van der Waals surface area contributed by atoms with Crippen LogP contribution in [0, 0.1) is 5.92 Å². The Balaban J connectivity index is 1.68. The number of hydrogen-bond donors (Lipinski definition) is 0. The summed E-state index contributed by atoms with van der Waals surface area (Å²) in [5.41, 5.74) is 0.951. The molecule has 1 aliphatic rings. The number of hydrogen-bond acceptors (Lipinski definition) is 4. The maximum Gasteiger partial charge on any atom is 0.302 e. The number of carbonyl (C=O) groups is 1. The molecule has 6 heteroatoms. The van der Waals surface area contributed by atoms with Gasteiger partial charge in [0.15, 0.2) is 0 Å². The minimum Gasteiger partial charge on any atom is -0.495 e. The third-order valence-corrected chi connectivity index (χ3v) is 5.13. The van der Waals surface area contributed by atoms with Gasteiger partial charge in [-0.3, -0.25) is 9.48 Å². The van der Waals surface area contributed by atoms with E-state index in [1.165, 1.54) is 6.92 Å². The van der Waals surface area contributed by atoms with E-state index in [2.05, 4.69) is 26.8 Å². The number of benzene rings is 1. The van der Waals surface area contributed by atoms with Crippen molar-refractivity contribution in [1.82, 2.24) is 9.78 Å². The van der Waals surface area contributed by atoms with Gasteiger partial charge in [-0.15, -0.1) is 0 Å². The van der Waals surface area contributed by atoms with Gasteiger partial charge in [0.1, 0.15) is 5.75 Å². The molecule has 0 unspecified atom stereocenters. The van der Waals surface area contributed by atoms with Crippen LogP contribution in [0.1, 0.15) is 38.6 Å². The van der Waals surface area contributed by atoms with Crippen LogP contribution in [-0.4, -0.2) is 29.5 Å². The highest BCUT2D eigenvalue weighted by Gasteiger charge is 2.24. The van der Waals surface area contributed by atoms with E-state index in [0.717, 1.165) is 46.8 Å². The molecule has 1 aromatic heterocycles. The number of methoxy groups -OCH3 is 1. The number of halogens is 1. The zero-order valence-corrected chi connectivity index (χ0v) is 15.0. The first-order valence-corrected chi connectivity index (χ1v) is 8.72. The van der Waals surface area contributed by atoms with Crippen molar-refractivity contribution >= 4 is 32.8 Å². The molecule has 1 saturated carbocycles. The lowest BCUT2D eigenvalue weighted by Gasteiger charge is -2.28. The van der Waals surface area contributed by atoms with Gasteiger partial charge in [-0.2, -0.15) is 5.10 Å². The standard InChI is InChI=1S/C17H21BrN2O3/c1-11(21)23-10-12-3-5-14(6-4-12)20-9-13-7-15(18)17(22-2)8-16(13)19-20/h7-9,12,14H,3-6,10H2,1-2H3/t12-,14-. The summed E-state index contributed by atoms with van der Waals surface area (Å²) in [5.74, 6) is 1.09. The van der Waals surface area contributed by atoms with Crippen LogP contribution in [0.25, 0.3) is 10.9 Å². The molecule has 0 spiro atoms. The van der Waals surface area contributed by atoms with Crippen LogP contribution in [0.4, 0.5) is 0 Å². The third-order valence-electron chi connectivity index (χ3n) is 4.51. The monoisotopic (exact) mass is 380 g/mol. The number of fused-ring (bicyclic) bond motifs is 1. The molecule has 5 nitrogen and oxygen atoms in total. The summed E-state index contributed by atoms with van der Waals surface area (Å²) in [4.78, 5) is 10.9. The van der Waals surface area contributed by atoms with Crippen LogP contribution < -0.4 is 4.74 Å². The van der Waals surface area contributed by atoms with Crippen molar-refractivity contribution in [3.63, 3.8) is 0 Å². The molecule has 1 heterocycles. The molecule has 0 saturated heterocycles. The van der Waals surface area contributed by atoms with Crippen molar-refractivity contribution < 1.29 is 14.3 Å². The molecule has 1 aliphatic carbocycles. The summed E-state index contributed by atoms with van der Waals surface area (Å²) in [6, 6.07) is 4.42. The van der Waals surface area contributed by atoms with Crippen LogP contribution in [0.3, 0.4) is 0 Å². The van der Waals surface area contributed by atoms with E-state index < -0.39 is 0 Å². The fraction of sp³-hybridized carbons (Fsp3) is 0.529. The van der Waals surface area contributed by atoms with Crippen molar-refractivity contribution in [2.24, 2.45) is 5.92 Å². The Hall–Kier alpha value is -1.56. The van der Waals surface area contributed by atoms with E-state index in [0.29, 0.717) is 18.6 Å². The van der Waals surface area contributed by atoms with Gasteiger partial charge in [-0.05, 0) is 53.6 Å². The van der Waals surface area contributed by atoms with Gasteiger partial charge in [0.05, 0.1) is 29.7 Å². The van der Waals surface area contributed by atoms with Crippen LogP contribution >= 0.6 is 15.9 Å². The van der Waals surface area contributed by atoms with E-state index in [1.807, 2.05) is 12.1 Å². The summed E-state index contributed by atoms with van der Waals surface area (Å²) in [7, 11) is 1.66. The molecule has 0 amide bonds. The first-order chi connectivity index (χ1) is 11.1. The van der Waals surface area contributed by atoms with Gasteiger partial charge in [0, 0.05) is 24.6 Å². The average Bonchev–Trinajstić information content (AvgIpc) is 2.95. The minimum atomic E-state index is -0.190. The smallest absolute Gasteiger partial charge is 0.302 e. The van der Waals surface area contributed by atoms with E-state index in [9.17, 15) is 4.79 Å². The average molecular weight is 381 g/mol. The van der Waals surface area contributed by atoms with Crippen molar-refractivity contribution in [3.05, 3.63) is 22.8 Å². The van der Waals surface area contributed by atoms with Crippen LogP contribution in [0.2, 0.25) is 0 Å². The number of rotatable bonds is 4. The Kier molecular flexibility index (Phi) is 4.90. The molecular weight excluding hydrogens is 360 g/mol. The number of carbonyl (C=O) groups excluding carboxylic acids is 1. The SMILES string of the molecule is COc1cc2nn([C@H]3CC[C@H](COC(C)=O)CC3)cc2cc1Br. The van der Waals surface area contributed by atoms with Crippen LogP contribution in [-0.2, 0) is 9.53 Å². The maximum absolute atomic E-state index is 10.9. The number of esters is 1. The Morgan fingerprint density at radius 1 is 1.35 bits per heavy atom. The predicted octanol–water partition coefficient (Wildman–Crippen LogP) is 4.10. The Labute approximate surface area is 144 Å². The molecule has 1 aromatic carbocycles. The highest BCUT2D eigenvalue weighted by atomic mass is 79.9. The minimum absolute atomic E-state index is 0.190. The first kappa shape index (κ1) is 16.3. The fourth-order valence-corrected chi connectivity index (χ4v) is 3.72. The molecule has 0 atom stereocenters. The van der Waals surface area contributed by atoms with E-state index in [-0.39, 0.29) is 5.97 Å². The molecule has 3 rings (SSSR count). The van der Waals surface area contributed by atoms with Crippen molar-refractivity contribution in [2.45, 2.75) is 38.6 Å². The summed E-state index contributed by atoms with van der Waals surface area (Å²) in [6.45, 7) is 2.01. The summed E-state index contributed by atoms with van der Waals surface area (Å²) < 4.78 is 13.5. The number of nitrogens with zero attached hydrogens (tertiary/aromatic N) is 2. The van der Waals surface area contributed by atoms with Gasteiger partial charge >= 0.3 is 5.97 Å². The quantitative estimate of drug-likeness (QED) is 0.749. The molecular formula is C17H21BrN2O3.